The highest BCUT2D eigenvalue weighted by Gasteiger charge is 2.24. The average molecular weight is 452 g/mol. The Morgan fingerprint density at radius 3 is 2.38 bits per heavy atom. The third-order valence-corrected chi connectivity index (χ3v) is 5.91. The zero-order chi connectivity index (χ0) is 23.7. The van der Waals surface area contributed by atoms with Crippen LogP contribution in [-0.2, 0) is 13.1 Å². The number of benzene rings is 3. The number of carbonyl (C=O) groups is 1. The fourth-order valence-corrected chi connectivity index (χ4v) is 4.08. The Morgan fingerprint density at radius 2 is 1.65 bits per heavy atom. The number of nitrogen functional groups attached to an aromatic ring is 1. The summed E-state index contributed by atoms with van der Waals surface area (Å²) in [5, 5.41) is 2.99. The van der Waals surface area contributed by atoms with E-state index in [0.717, 1.165) is 22.4 Å². The normalized spacial score (nSPS) is 11.1. The minimum absolute atomic E-state index is 0.286. The van der Waals surface area contributed by atoms with Gasteiger partial charge in [-0.25, -0.2) is 9.97 Å². The van der Waals surface area contributed by atoms with Crippen LogP contribution in [-0.4, -0.2) is 27.6 Å². The molecule has 0 aliphatic heterocycles. The number of para-hydroxylation sites is 3. The minimum Gasteiger partial charge on any atom is -0.496 e. The number of anilines is 1. The fourth-order valence-electron chi connectivity index (χ4n) is 4.08. The van der Waals surface area contributed by atoms with Crippen LogP contribution in [0, 0.1) is 6.92 Å². The second kappa shape index (κ2) is 8.86. The molecule has 7 nitrogen and oxygen atoms in total. The molecule has 2 heterocycles. The predicted octanol–water partition coefficient (Wildman–Crippen LogP) is 4.46. The first kappa shape index (κ1) is 21.5. The van der Waals surface area contributed by atoms with Gasteiger partial charge in [0.15, 0.2) is 5.65 Å². The van der Waals surface area contributed by atoms with Crippen molar-refractivity contribution in [2.75, 3.05) is 12.8 Å². The van der Waals surface area contributed by atoms with Gasteiger partial charge in [-0.1, -0.05) is 60.2 Å². The van der Waals surface area contributed by atoms with Crippen LogP contribution in [0.25, 0.3) is 22.2 Å². The van der Waals surface area contributed by atoms with E-state index in [2.05, 4.69) is 5.32 Å². The molecule has 0 aliphatic rings. The van der Waals surface area contributed by atoms with E-state index < -0.39 is 0 Å². The van der Waals surface area contributed by atoms with Crippen molar-refractivity contribution < 1.29 is 9.53 Å². The van der Waals surface area contributed by atoms with Crippen molar-refractivity contribution in [3.63, 3.8) is 0 Å². The number of fused-ring (bicyclic) bond motifs is 2. The maximum absolute atomic E-state index is 13.3. The number of nitrogens with one attached hydrogen (secondary N) is 1. The Morgan fingerprint density at radius 1 is 0.971 bits per heavy atom. The third kappa shape index (κ3) is 3.92. The van der Waals surface area contributed by atoms with E-state index in [1.807, 2.05) is 84.3 Å². The first-order valence-electron chi connectivity index (χ1n) is 11.0. The maximum Gasteiger partial charge on any atom is 0.257 e. The Labute approximate surface area is 197 Å². The Bertz CT molecular complexity index is 1510. The SMILES string of the molecule is COc1ccccc1Cn1c(N)c(C(=O)NCc2ccc(C)cc2)c2nc3ccccc3nc21. The highest BCUT2D eigenvalue weighted by molar-refractivity contribution is 6.10. The van der Waals surface area contributed by atoms with E-state index in [9.17, 15) is 4.79 Å². The lowest BCUT2D eigenvalue weighted by atomic mass is 10.1. The zero-order valence-corrected chi connectivity index (χ0v) is 19.1. The summed E-state index contributed by atoms with van der Waals surface area (Å²) >= 11 is 0. The van der Waals surface area contributed by atoms with Crippen LogP contribution in [0.5, 0.6) is 5.75 Å². The lowest BCUT2D eigenvalue weighted by Crippen LogP contribution is -2.24. The summed E-state index contributed by atoms with van der Waals surface area (Å²) in [5.74, 6) is 0.770. The molecule has 0 spiro atoms. The Hall–Kier alpha value is -4.39. The molecule has 2 aromatic heterocycles. The molecule has 0 saturated heterocycles. The first-order chi connectivity index (χ1) is 16.5. The first-order valence-corrected chi connectivity index (χ1v) is 11.0. The molecule has 3 aromatic carbocycles. The number of hydrogen-bond donors (Lipinski definition) is 2. The van der Waals surface area contributed by atoms with E-state index in [-0.39, 0.29) is 5.91 Å². The molecule has 0 unspecified atom stereocenters. The summed E-state index contributed by atoms with van der Waals surface area (Å²) in [5.41, 5.74) is 12.5. The van der Waals surface area contributed by atoms with E-state index in [4.69, 9.17) is 20.4 Å². The van der Waals surface area contributed by atoms with Gasteiger partial charge in [0.1, 0.15) is 22.6 Å². The van der Waals surface area contributed by atoms with Gasteiger partial charge in [0.25, 0.3) is 5.91 Å². The lowest BCUT2D eigenvalue weighted by molar-refractivity contribution is 0.0953. The summed E-state index contributed by atoms with van der Waals surface area (Å²) in [4.78, 5) is 22.9. The molecule has 0 radical (unpaired) electrons. The van der Waals surface area contributed by atoms with Crippen molar-refractivity contribution >= 4 is 33.9 Å². The topological polar surface area (TPSA) is 95.1 Å². The largest absolute Gasteiger partial charge is 0.496 e. The number of amides is 1. The summed E-state index contributed by atoms with van der Waals surface area (Å²) < 4.78 is 7.35. The van der Waals surface area contributed by atoms with Gasteiger partial charge in [-0.05, 0) is 30.7 Å². The van der Waals surface area contributed by atoms with Crippen LogP contribution in [0.15, 0.2) is 72.8 Å². The van der Waals surface area contributed by atoms with Gasteiger partial charge in [-0.3, -0.25) is 4.79 Å². The quantitative estimate of drug-likeness (QED) is 0.397. The van der Waals surface area contributed by atoms with Crippen LogP contribution in [0.3, 0.4) is 0 Å². The molecular formula is C27H25N5O2. The van der Waals surface area contributed by atoms with Gasteiger partial charge < -0.3 is 20.4 Å². The van der Waals surface area contributed by atoms with Gasteiger partial charge in [0.2, 0.25) is 0 Å². The number of aromatic nitrogens is 3. The summed E-state index contributed by atoms with van der Waals surface area (Å²) in [6, 6.07) is 23.3. The molecule has 0 aliphatic carbocycles. The van der Waals surface area contributed by atoms with Crippen LogP contribution < -0.4 is 15.8 Å². The molecule has 34 heavy (non-hydrogen) atoms. The second-order valence-electron chi connectivity index (χ2n) is 8.21. The maximum atomic E-state index is 13.3. The predicted molar refractivity (Wildman–Crippen MR) is 134 cm³/mol. The zero-order valence-electron chi connectivity index (χ0n) is 19.1. The Kier molecular flexibility index (Phi) is 5.59. The van der Waals surface area contributed by atoms with Gasteiger partial charge in [-0.15, -0.1) is 0 Å². The minimum atomic E-state index is -0.286. The highest BCUT2D eigenvalue weighted by Crippen LogP contribution is 2.30. The molecule has 0 saturated carbocycles. The smallest absolute Gasteiger partial charge is 0.257 e. The standard InChI is InChI=1S/C27H25N5O2/c1-17-11-13-18(14-12-17)15-29-27(33)23-24-26(31-21-9-5-4-8-20(21)30-24)32(25(23)28)16-19-7-3-6-10-22(19)34-2/h3-14H,15-16,28H2,1-2H3,(H,29,33). The third-order valence-electron chi connectivity index (χ3n) is 5.91. The number of carbonyl (C=O) groups excluding carboxylic acids is 1. The molecule has 0 bridgehead atoms. The molecule has 3 N–H and O–H groups in total. The van der Waals surface area contributed by atoms with Crippen LogP contribution in [0.2, 0.25) is 0 Å². The van der Waals surface area contributed by atoms with E-state index in [1.165, 1.54) is 5.56 Å². The fraction of sp³-hybridized carbons (Fsp3) is 0.148. The van der Waals surface area contributed by atoms with Gasteiger partial charge in [-0.2, -0.15) is 0 Å². The number of ether oxygens (including phenoxy) is 1. The summed E-state index contributed by atoms with van der Waals surface area (Å²) in [6.07, 6.45) is 0. The lowest BCUT2D eigenvalue weighted by Gasteiger charge is -2.11. The Balaban J connectivity index is 1.60. The average Bonchev–Trinajstić information content (AvgIpc) is 3.12. The number of hydrogen-bond acceptors (Lipinski definition) is 5. The number of aryl methyl sites for hydroxylation is 1. The van der Waals surface area contributed by atoms with Crippen LogP contribution in [0.1, 0.15) is 27.0 Å². The van der Waals surface area contributed by atoms with Crippen molar-refractivity contribution in [1.82, 2.24) is 19.9 Å². The number of nitrogens with zero attached hydrogens (tertiary/aromatic N) is 3. The highest BCUT2D eigenvalue weighted by atomic mass is 16.5. The number of methoxy groups -OCH3 is 1. The van der Waals surface area contributed by atoms with Crippen LogP contribution >= 0.6 is 0 Å². The van der Waals surface area contributed by atoms with E-state index in [1.54, 1.807) is 7.11 Å². The van der Waals surface area contributed by atoms with Crippen molar-refractivity contribution in [2.24, 2.45) is 0 Å². The van der Waals surface area contributed by atoms with Crippen molar-refractivity contribution in [1.29, 1.82) is 0 Å². The summed E-state index contributed by atoms with van der Waals surface area (Å²) in [6.45, 7) is 2.81. The molecule has 5 aromatic rings. The molecule has 0 fully saturated rings. The molecule has 5 rings (SSSR count). The molecule has 1 amide bonds. The van der Waals surface area contributed by atoms with Crippen LogP contribution in [0.4, 0.5) is 5.82 Å². The van der Waals surface area contributed by atoms with Crippen molar-refractivity contribution in [3.8, 4) is 5.75 Å². The number of rotatable bonds is 6. The van der Waals surface area contributed by atoms with E-state index >= 15 is 0 Å². The summed E-state index contributed by atoms with van der Waals surface area (Å²) in [7, 11) is 1.63. The van der Waals surface area contributed by atoms with Gasteiger partial charge >= 0.3 is 0 Å². The molecule has 0 atom stereocenters. The van der Waals surface area contributed by atoms with E-state index in [0.29, 0.717) is 41.2 Å². The van der Waals surface area contributed by atoms with Crippen molar-refractivity contribution in [3.05, 3.63) is 95.1 Å². The molecule has 7 heteroatoms. The molecule has 170 valence electrons. The second-order valence-corrected chi connectivity index (χ2v) is 8.21. The van der Waals surface area contributed by atoms with Gasteiger partial charge in [0, 0.05) is 12.1 Å². The molecular weight excluding hydrogens is 426 g/mol. The number of nitrogens with two attached hydrogens (primary N) is 1. The van der Waals surface area contributed by atoms with Crippen molar-refractivity contribution in [2.45, 2.75) is 20.0 Å². The monoisotopic (exact) mass is 451 g/mol. The van der Waals surface area contributed by atoms with Gasteiger partial charge in [0.05, 0.1) is 24.7 Å².